The van der Waals surface area contributed by atoms with Gasteiger partial charge in [0.2, 0.25) is 0 Å². The minimum Gasteiger partial charge on any atom is -0.478 e. The molecular formula is C27H23NO4S. The van der Waals surface area contributed by atoms with Crippen molar-refractivity contribution < 1.29 is 19.5 Å². The molecule has 5 nitrogen and oxygen atoms in total. The number of hydrogen-bond donors (Lipinski definition) is 1. The van der Waals surface area contributed by atoms with Crippen LogP contribution in [-0.2, 0) is 22.6 Å². The Bertz CT molecular complexity index is 1450. The zero-order chi connectivity index (χ0) is 23.3. The number of carboxylic acids is 1. The van der Waals surface area contributed by atoms with Gasteiger partial charge in [0.15, 0.2) is 10.9 Å². The lowest BCUT2D eigenvalue weighted by Crippen LogP contribution is -2.14. The van der Waals surface area contributed by atoms with E-state index in [2.05, 4.69) is 36.6 Å². The molecule has 0 radical (unpaired) electrons. The molecule has 1 saturated heterocycles. The summed E-state index contributed by atoms with van der Waals surface area (Å²) in [4.78, 5) is 35.2. The summed E-state index contributed by atoms with van der Waals surface area (Å²) in [6, 6.07) is 17.4. The first kappa shape index (κ1) is 21.5. The van der Waals surface area contributed by atoms with Gasteiger partial charge in [0.25, 0.3) is 0 Å². The minimum atomic E-state index is -0.932. The number of nitrogens with zero attached hydrogens (tertiary/aromatic N) is 1. The van der Waals surface area contributed by atoms with Crippen molar-refractivity contribution in [1.29, 1.82) is 0 Å². The van der Waals surface area contributed by atoms with Gasteiger partial charge in [-0.15, -0.1) is 0 Å². The third-order valence-electron chi connectivity index (χ3n) is 6.49. The molecule has 1 N–H and O–H groups in total. The second-order valence-electron chi connectivity index (χ2n) is 8.63. The Hall–Kier alpha value is -3.38. The number of carboxylic acid groups (broad SMARTS) is 1. The molecule has 0 aliphatic carbocycles. The van der Waals surface area contributed by atoms with Gasteiger partial charge in [0.1, 0.15) is 0 Å². The number of rotatable bonds is 5. The molecule has 1 unspecified atom stereocenters. The van der Waals surface area contributed by atoms with Crippen molar-refractivity contribution in [2.45, 2.75) is 38.5 Å². The molecule has 6 heteroatoms. The fourth-order valence-corrected chi connectivity index (χ4v) is 5.90. The fourth-order valence-electron chi connectivity index (χ4n) is 4.88. The summed E-state index contributed by atoms with van der Waals surface area (Å²) in [5, 5.41) is 11.2. The molecule has 4 aromatic rings. The maximum absolute atomic E-state index is 12.3. The third kappa shape index (κ3) is 3.74. The molecule has 1 aliphatic rings. The first-order valence-electron chi connectivity index (χ1n) is 10.9. The Morgan fingerprint density at radius 1 is 1.09 bits per heavy atom. The molecule has 1 aromatic heterocycles. The van der Waals surface area contributed by atoms with E-state index in [9.17, 15) is 19.5 Å². The molecule has 5 rings (SSSR count). The monoisotopic (exact) mass is 457 g/mol. The quantitative estimate of drug-likeness (QED) is 0.412. The molecule has 0 spiro atoms. The van der Waals surface area contributed by atoms with Crippen molar-refractivity contribution in [2.75, 3.05) is 0 Å². The van der Waals surface area contributed by atoms with E-state index in [0.717, 1.165) is 38.7 Å². The first-order chi connectivity index (χ1) is 15.8. The van der Waals surface area contributed by atoms with E-state index in [1.807, 2.05) is 24.3 Å². The summed E-state index contributed by atoms with van der Waals surface area (Å²) in [5.41, 5.74) is 6.91. The molecule has 3 aromatic carbocycles. The predicted octanol–water partition coefficient (Wildman–Crippen LogP) is 5.30. The van der Waals surface area contributed by atoms with Crippen LogP contribution in [-0.4, -0.2) is 31.8 Å². The highest BCUT2D eigenvalue weighted by atomic mass is 32.2. The van der Waals surface area contributed by atoms with Crippen LogP contribution in [0, 0.1) is 13.8 Å². The van der Waals surface area contributed by atoms with Gasteiger partial charge in [-0.1, -0.05) is 48.2 Å². The predicted molar refractivity (Wildman–Crippen MR) is 131 cm³/mol. The van der Waals surface area contributed by atoms with Crippen molar-refractivity contribution in [1.82, 2.24) is 4.57 Å². The van der Waals surface area contributed by atoms with Gasteiger partial charge in [-0.2, -0.15) is 0 Å². The molecule has 0 saturated carbocycles. The number of para-hydroxylation sites is 1. The van der Waals surface area contributed by atoms with E-state index in [4.69, 9.17) is 0 Å². The first-order valence-corrected chi connectivity index (χ1v) is 11.8. The number of aryl methyl sites for hydroxylation is 2. The van der Waals surface area contributed by atoms with Crippen molar-refractivity contribution in [3.63, 3.8) is 0 Å². The van der Waals surface area contributed by atoms with Crippen LogP contribution in [0.3, 0.4) is 0 Å². The van der Waals surface area contributed by atoms with Crippen LogP contribution in [0.2, 0.25) is 0 Å². The van der Waals surface area contributed by atoms with Crippen LogP contribution in [0.15, 0.2) is 54.6 Å². The average molecular weight is 458 g/mol. The van der Waals surface area contributed by atoms with Crippen LogP contribution in [0.1, 0.15) is 39.0 Å². The fraction of sp³-hybridized carbons (Fsp3) is 0.222. The molecule has 166 valence electrons. The Balaban J connectivity index is 1.64. The number of hydrogen-bond acceptors (Lipinski definition) is 4. The highest BCUT2D eigenvalue weighted by molar-refractivity contribution is 8.15. The van der Waals surface area contributed by atoms with E-state index in [0.29, 0.717) is 13.0 Å². The largest absolute Gasteiger partial charge is 0.478 e. The normalized spacial score (nSPS) is 16.2. The Morgan fingerprint density at radius 3 is 2.48 bits per heavy atom. The van der Waals surface area contributed by atoms with Crippen LogP contribution in [0.4, 0.5) is 0 Å². The summed E-state index contributed by atoms with van der Waals surface area (Å²) in [6.45, 7) is 4.80. The molecule has 0 bridgehead atoms. The Kier molecular flexibility index (Phi) is 5.33. The average Bonchev–Trinajstić information content (AvgIpc) is 3.29. The van der Waals surface area contributed by atoms with Gasteiger partial charge in [-0.05, 0) is 60.7 Å². The summed E-state index contributed by atoms with van der Waals surface area (Å²) in [7, 11) is 0. The van der Waals surface area contributed by atoms with E-state index >= 15 is 0 Å². The van der Waals surface area contributed by atoms with E-state index in [-0.39, 0.29) is 28.1 Å². The van der Waals surface area contributed by atoms with E-state index in [1.54, 1.807) is 12.1 Å². The van der Waals surface area contributed by atoms with Gasteiger partial charge in [-0.25, -0.2) is 4.79 Å². The van der Waals surface area contributed by atoms with Gasteiger partial charge in [0, 0.05) is 22.8 Å². The highest BCUT2D eigenvalue weighted by Crippen LogP contribution is 2.37. The van der Waals surface area contributed by atoms with Crippen molar-refractivity contribution in [3.8, 4) is 0 Å². The standard InChI is InChI=1S/C27H23NO4S/c1-15-11-19(12-23-22(29)13-24(30)33-23)16(2)25-20-5-3-4-6-21(20)28(26(15)25)14-17-7-9-18(10-8-17)27(31)32/h3-11,23H,12-14H2,1-2H3,(H,31,32). The number of carbonyl (C=O) groups excluding carboxylic acids is 2. The zero-order valence-electron chi connectivity index (χ0n) is 18.4. The third-order valence-corrected chi connectivity index (χ3v) is 7.61. The van der Waals surface area contributed by atoms with Crippen molar-refractivity contribution >= 4 is 50.4 Å². The smallest absolute Gasteiger partial charge is 0.335 e. The molecule has 1 aliphatic heterocycles. The SMILES string of the molecule is Cc1c(CC2SC(=O)CC2=O)cc(C)c2c1c1ccccc1n2Cc1ccc(C(=O)O)cc1. The second-order valence-corrected chi connectivity index (χ2v) is 9.89. The van der Waals surface area contributed by atoms with Gasteiger partial charge < -0.3 is 9.67 Å². The molecule has 1 fully saturated rings. The van der Waals surface area contributed by atoms with Crippen LogP contribution in [0.25, 0.3) is 21.8 Å². The van der Waals surface area contributed by atoms with Crippen LogP contribution < -0.4 is 0 Å². The second kappa shape index (κ2) is 8.19. The molecule has 2 heterocycles. The van der Waals surface area contributed by atoms with E-state index < -0.39 is 5.97 Å². The number of carbonyl (C=O) groups is 3. The van der Waals surface area contributed by atoms with Crippen LogP contribution in [0.5, 0.6) is 0 Å². The molecule has 33 heavy (non-hydrogen) atoms. The summed E-state index contributed by atoms with van der Waals surface area (Å²) >= 11 is 1.17. The summed E-state index contributed by atoms with van der Waals surface area (Å²) < 4.78 is 2.28. The van der Waals surface area contributed by atoms with E-state index in [1.165, 1.54) is 17.1 Å². The highest BCUT2D eigenvalue weighted by Gasteiger charge is 2.32. The Labute approximate surface area is 195 Å². The minimum absolute atomic E-state index is 0.0226. The Morgan fingerprint density at radius 2 is 1.82 bits per heavy atom. The maximum Gasteiger partial charge on any atom is 0.335 e. The molecular weight excluding hydrogens is 434 g/mol. The lowest BCUT2D eigenvalue weighted by molar-refractivity contribution is -0.121. The van der Waals surface area contributed by atoms with Crippen molar-refractivity contribution in [3.05, 3.63) is 82.4 Å². The molecule has 0 amide bonds. The maximum atomic E-state index is 12.3. The summed E-state index contributed by atoms with van der Waals surface area (Å²) in [6.07, 6.45) is 0.601. The number of ketones is 1. The topological polar surface area (TPSA) is 76.4 Å². The number of thioether (sulfide) groups is 1. The number of benzene rings is 3. The summed E-state index contributed by atoms with van der Waals surface area (Å²) in [5.74, 6) is -0.910. The molecule has 1 atom stereocenters. The number of aromatic nitrogens is 1. The number of aromatic carboxylic acids is 1. The van der Waals surface area contributed by atoms with Crippen molar-refractivity contribution in [2.24, 2.45) is 0 Å². The number of Topliss-reactive ketones (excluding diaryl/α,β-unsaturated/α-hetero) is 1. The lowest BCUT2D eigenvalue weighted by Gasteiger charge is -2.15. The zero-order valence-corrected chi connectivity index (χ0v) is 19.2. The van der Waals surface area contributed by atoms with Crippen LogP contribution >= 0.6 is 11.8 Å². The van der Waals surface area contributed by atoms with Gasteiger partial charge in [0.05, 0.1) is 22.8 Å². The number of fused-ring (bicyclic) bond motifs is 3. The lowest BCUT2D eigenvalue weighted by atomic mass is 9.94. The van der Waals surface area contributed by atoms with Gasteiger partial charge >= 0.3 is 5.97 Å². The van der Waals surface area contributed by atoms with Gasteiger partial charge in [-0.3, -0.25) is 9.59 Å².